The van der Waals surface area contributed by atoms with Gasteiger partial charge >= 0.3 is 6.09 Å². The molecule has 19 heavy (non-hydrogen) atoms. The third kappa shape index (κ3) is 4.33. The van der Waals surface area contributed by atoms with E-state index in [2.05, 4.69) is 0 Å². The topological polar surface area (TPSA) is 29.5 Å². The summed E-state index contributed by atoms with van der Waals surface area (Å²) in [5.74, 6) is -0.340. The Balaban J connectivity index is 3.15. The van der Waals surface area contributed by atoms with Crippen LogP contribution < -0.4 is 4.90 Å². The first-order valence-electron chi connectivity index (χ1n) is 6.09. The quantitative estimate of drug-likeness (QED) is 0.704. The molecular weight excluding hydrogens is 360 g/mol. The highest BCUT2D eigenvalue weighted by molar-refractivity contribution is 14.1. The molecule has 0 saturated carbocycles. The van der Waals surface area contributed by atoms with Gasteiger partial charge in [-0.15, -0.1) is 0 Å². The minimum absolute atomic E-state index is 0.120. The number of carbonyl (C=O) groups excluding carboxylic acids is 1. The highest BCUT2D eigenvalue weighted by Gasteiger charge is 2.27. The summed E-state index contributed by atoms with van der Waals surface area (Å²) in [7, 11) is 0. The molecule has 0 spiro atoms. The Bertz CT molecular complexity index is 469. The molecule has 1 amide bonds. The molecule has 0 aromatic heterocycles. The van der Waals surface area contributed by atoms with Gasteiger partial charge in [-0.25, -0.2) is 9.18 Å². The summed E-state index contributed by atoms with van der Waals surface area (Å²) in [6.45, 7) is 9.15. The number of hydrogen-bond acceptors (Lipinski definition) is 2. The number of halogens is 2. The molecule has 3 nitrogen and oxygen atoms in total. The highest BCUT2D eigenvalue weighted by Crippen LogP contribution is 2.28. The second-order valence-electron chi connectivity index (χ2n) is 5.52. The van der Waals surface area contributed by atoms with Crippen molar-refractivity contribution in [3.05, 3.63) is 27.6 Å². The van der Waals surface area contributed by atoms with Crippen molar-refractivity contribution in [1.29, 1.82) is 0 Å². The maximum absolute atomic E-state index is 13.6. The molecule has 0 N–H and O–H groups in total. The number of ether oxygens (including phenoxy) is 1. The molecule has 0 aliphatic rings. The van der Waals surface area contributed by atoms with E-state index in [0.717, 1.165) is 0 Å². The van der Waals surface area contributed by atoms with Crippen LogP contribution in [0.2, 0.25) is 0 Å². The molecule has 0 heterocycles. The molecule has 1 aromatic carbocycles. The second kappa shape index (κ2) is 6.07. The van der Waals surface area contributed by atoms with E-state index in [0.29, 0.717) is 9.26 Å². The van der Waals surface area contributed by atoms with Crippen LogP contribution >= 0.6 is 22.6 Å². The van der Waals surface area contributed by atoms with Crippen molar-refractivity contribution < 1.29 is 13.9 Å². The van der Waals surface area contributed by atoms with Crippen LogP contribution in [0.4, 0.5) is 14.9 Å². The monoisotopic (exact) mass is 379 g/mol. The van der Waals surface area contributed by atoms with Crippen molar-refractivity contribution in [2.45, 2.75) is 46.3 Å². The van der Waals surface area contributed by atoms with Gasteiger partial charge in [0, 0.05) is 6.04 Å². The average molecular weight is 379 g/mol. The van der Waals surface area contributed by atoms with Gasteiger partial charge in [0.05, 0.1) is 9.26 Å². The van der Waals surface area contributed by atoms with E-state index < -0.39 is 11.7 Å². The number of amides is 1. The minimum Gasteiger partial charge on any atom is -0.443 e. The first-order valence-corrected chi connectivity index (χ1v) is 7.17. The number of anilines is 1. The lowest BCUT2D eigenvalue weighted by molar-refractivity contribution is 0.0570. The van der Waals surface area contributed by atoms with Crippen molar-refractivity contribution in [2.75, 3.05) is 4.90 Å². The van der Waals surface area contributed by atoms with E-state index in [9.17, 15) is 9.18 Å². The van der Waals surface area contributed by atoms with E-state index in [1.807, 2.05) is 36.4 Å². The SMILES string of the molecule is CC(C)N(C(=O)OC(C)(C)C)c1cccc(F)c1I. The van der Waals surface area contributed by atoms with Gasteiger partial charge in [-0.2, -0.15) is 0 Å². The van der Waals surface area contributed by atoms with E-state index in [1.54, 1.807) is 32.9 Å². The summed E-state index contributed by atoms with van der Waals surface area (Å²) in [6, 6.07) is 4.56. The number of hydrogen-bond donors (Lipinski definition) is 0. The van der Waals surface area contributed by atoms with Crippen LogP contribution in [0.25, 0.3) is 0 Å². The molecule has 0 atom stereocenters. The fourth-order valence-corrected chi connectivity index (χ4v) is 2.20. The molecule has 0 unspecified atom stereocenters. The van der Waals surface area contributed by atoms with Crippen LogP contribution in [0.1, 0.15) is 34.6 Å². The first-order chi connectivity index (χ1) is 8.63. The number of nitrogens with zero attached hydrogens (tertiary/aromatic N) is 1. The normalized spacial score (nSPS) is 11.6. The van der Waals surface area contributed by atoms with E-state index in [1.165, 1.54) is 11.0 Å². The lowest BCUT2D eigenvalue weighted by Gasteiger charge is -2.30. The molecule has 0 saturated heterocycles. The summed E-state index contributed by atoms with van der Waals surface area (Å²) < 4.78 is 19.4. The zero-order valence-corrected chi connectivity index (χ0v) is 14.0. The molecule has 1 rings (SSSR count). The zero-order valence-electron chi connectivity index (χ0n) is 11.8. The van der Waals surface area contributed by atoms with Gasteiger partial charge in [0.25, 0.3) is 0 Å². The molecule has 0 aliphatic heterocycles. The third-order valence-corrected chi connectivity index (χ3v) is 3.37. The zero-order chi connectivity index (χ0) is 14.8. The first kappa shape index (κ1) is 16.2. The van der Waals surface area contributed by atoms with Crippen molar-refractivity contribution in [2.24, 2.45) is 0 Å². The van der Waals surface area contributed by atoms with Crippen LogP contribution in [-0.2, 0) is 4.74 Å². The Morgan fingerprint density at radius 3 is 2.42 bits per heavy atom. The Labute approximate surface area is 127 Å². The highest BCUT2D eigenvalue weighted by atomic mass is 127. The molecular formula is C14H19FINO2. The van der Waals surface area contributed by atoms with Crippen LogP contribution in [0, 0.1) is 9.39 Å². The van der Waals surface area contributed by atoms with Crippen molar-refractivity contribution >= 4 is 34.4 Å². The van der Waals surface area contributed by atoms with Crippen molar-refractivity contribution in [3.8, 4) is 0 Å². The number of rotatable bonds is 2. The summed E-state index contributed by atoms with van der Waals surface area (Å²) in [5.41, 5.74) is -0.0481. The Morgan fingerprint density at radius 1 is 1.37 bits per heavy atom. The van der Waals surface area contributed by atoms with Crippen LogP contribution in [-0.4, -0.2) is 17.7 Å². The van der Waals surface area contributed by atoms with E-state index >= 15 is 0 Å². The van der Waals surface area contributed by atoms with E-state index in [-0.39, 0.29) is 11.9 Å². The molecule has 0 radical (unpaired) electrons. The molecule has 5 heteroatoms. The van der Waals surface area contributed by atoms with Crippen molar-refractivity contribution in [1.82, 2.24) is 0 Å². The predicted molar refractivity (Wildman–Crippen MR) is 83.0 cm³/mol. The molecule has 0 aliphatic carbocycles. The summed E-state index contributed by atoms with van der Waals surface area (Å²) >= 11 is 1.90. The fourth-order valence-electron chi connectivity index (χ4n) is 1.58. The minimum atomic E-state index is -0.580. The lowest BCUT2D eigenvalue weighted by Crippen LogP contribution is -2.41. The van der Waals surface area contributed by atoms with Gasteiger partial charge in [0.15, 0.2) is 0 Å². The second-order valence-corrected chi connectivity index (χ2v) is 6.60. The largest absolute Gasteiger partial charge is 0.443 e. The van der Waals surface area contributed by atoms with Crippen LogP contribution in [0.5, 0.6) is 0 Å². The smallest absolute Gasteiger partial charge is 0.415 e. The van der Waals surface area contributed by atoms with E-state index in [4.69, 9.17) is 4.74 Å². The summed E-state index contributed by atoms with van der Waals surface area (Å²) in [4.78, 5) is 13.7. The van der Waals surface area contributed by atoms with Crippen LogP contribution in [0.3, 0.4) is 0 Å². The lowest BCUT2D eigenvalue weighted by atomic mass is 10.2. The predicted octanol–water partition coefficient (Wildman–Crippen LogP) is 4.58. The van der Waals surface area contributed by atoms with Gasteiger partial charge in [-0.3, -0.25) is 4.90 Å². The maximum Gasteiger partial charge on any atom is 0.415 e. The maximum atomic E-state index is 13.6. The standard InChI is InChI=1S/C14H19FINO2/c1-9(2)17(13(18)19-14(3,4)5)11-8-6-7-10(15)12(11)16/h6-9H,1-5H3. The number of carbonyl (C=O) groups is 1. The molecule has 106 valence electrons. The molecule has 1 aromatic rings. The number of benzene rings is 1. The average Bonchev–Trinajstić information content (AvgIpc) is 2.21. The Morgan fingerprint density at radius 2 is 1.95 bits per heavy atom. The van der Waals surface area contributed by atoms with Gasteiger partial charge in [0.1, 0.15) is 11.4 Å². The molecule has 0 fully saturated rings. The van der Waals surface area contributed by atoms with Gasteiger partial charge in [-0.1, -0.05) is 6.07 Å². The Hall–Kier alpha value is -0.850. The van der Waals surface area contributed by atoms with Gasteiger partial charge in [0.2, 0.25) is 0 Å². The fraction of sp³-hybridized carbons (Fsp3) is 0.500. The Kier molecular flexibility index (Phi) is 5.18. The summed E-state index contributed by atoms with van der Waals surface area (Å²) in [6.07, 6.45) is -0.467. The van der Waals surface area contributed by atoms with Gasteiger partial charge in [-0.05, 0) is 69.3 Å². The van der Waals surface area contributed by atoms with Gasteiger partial charge < -0.3 is 4.74 Å². The third-order valence-electron chi connectivity index (χ3n) is 2.30. The van der Waals surface area contributed by atoms with Crippen LogP contribution in [0.15, 0.2) is 18.2 Å². The summed E-state index contributed by atoms with van der Waals surface area (Å²) in [5, 5.41) is 0. The molecule has 0 bridgehead atoms. The van der Waals surface area contributed by atoms with Crippen molar-refractivity contribution in [3.63, 3.8) is 0 Å².